The number of aryl methyl sites for hydroxylation is 1. The summed E-state index contributed by atoms with van der Waals surface area (Å²) in [5, 5.41) is 3.31. The lowest BCUT2D eigenvalue weighted by atomic mass is 9.92. The molecule has 1 heterocycles. The molecule has 1 rings (SSSR count). The first-order valence-corrected chi connectivity index (χ1v) is 5.87. The first kappa shape index (κ1) is 13.2. The maximum absolute atomic E-state index is 5.89. The lowest BCUT2D eigenvalue weighted by Crippen LogP contribution is -2.43. The topological polar surface area (TPSA) is 39.1 Å². The predicted molar refractivity (Wildman–Crippen MR) is 65.3 cm³/mol. The maximum atomic E-state index is 5.89. The molecule has 1 aromatic rings. The average Bonchev–Trinajstić information content (AvgIpc) is 2.66. The molecule has 92 valence electrons. The molecular weight excluding hydrogens is 202 g/mol. The van der Waals surface area contributed by atoms with Gasteiger partial charge >= 0.3 is 0 Å². The lowest BCUT2D eigenvalue weighted by molar-refractivity contribution is -0.0571. The number of nitrogens with zero attached hydrogens (tertiary/aromatic N) is 2. The van der Waals surface area contributed by atoms with E-state index in [9.17, 15) is 0 Å². The zero-order valence-electron chi connectivity index (χ0n) is 10.9. The highest BCUT2D eigenvalue weighted by Gasteiger charge is 2.35. The summed E-state index contributed by atoms with van der Waals surface area (Å²) in [4.78, 5) is 4.40. The van der Waals surface area contributed by atoms with Crippen LogP contribution < -0.4 is 5.32 Å². The fourth-order valence-electron chi connectivity index (χ4n) is 2.08. The summed E-state index contributed by atoms with van der Waals surface area (Å²) in [7, 11) is 3.96. The second-order valence-electron chi connectivity index (χ2n) is 4.22. The smallest absolute Gasteiger partial charge is 0.128 e. The summed E-state index contributed by atoms with van der Waals surface area (Å²) in [6, 6.07) is 0.109. The summed E-state index contributed by atoms with van der Waals surface area (Å²) in [6.45, 7) is 7.02. The van der Waals surface area contributed by atoms with E-state index in [-0.39, 0.29) is 11.6 Å². The summed E-state index contributed by atoms with van der Waals surface area (Å²) >= 11 is 0. The largest absolute Gasteiger partial charge is 0.373 e. The third kappa shape index (κ3) is 2.44. The molecule has 2 unspecified atom stereocenters. The summed E-state index contributed by atoms with van der Waals surface area (Å²) in [5.74, 6) is 1.01. The molecule has 0 bridgehead atoms. The number of aromatic nitrogens is 2. The maximum Gasteiger partial charge on any atom is 0.128 e. The predicted octanol–water partition coefficient (Wildman–Crippen LogP) is 1.89. The van der Waals surface area contributed by atoms with E-state index in [2.05, 4.69) is 24.1 Å². The molecule has 2 atom stereocenters. The molecule has 4 nitrogen and oxygen atoms in total. The highest BCUT2D eigenvalue weighted by Crippen LogP contribution is 2.30. The van der Waals surface area contributed by atoms with E-state index in [1.54, 1.807) is 0 Å². The van der Waals surface area contributed by atoms with Crippen LogP contribution in [-0.4, -0.2) is 28.8 Å². The van der Waals surface area contributed by atoms with Crippen molar-refractivity contribution >= 4 is 0 Å². The van der Waals surface area contributed by atoms with Gasteiger partial charge in [0, 0.05) is 26.0 Å². The molecule has 0 radical (unpaired) electrons. The Kier molecular flexibility index (Phi) is 4.50. The molecule has 1 N–H and O–H groups in total. The van der Waals surface area contributed by atoms with Gasteiger partial charge in [0.1, 0.15) is 5.82 Å². The van der Waals surface area contributed by atoms with Gasteiger partial charge in [-0.3, -0.25) is 0 Å². The van der Waals surface area contributed by atoms with Crippen molar-refractivity contribution in [1.29, 1.82) is 0 Å². The van der Waals surface area contributed by atoms with E-state index in [1.165, 1.54) is 0 Å². The Labute approximate surface area is 98.0 Å². The quantitative estimate of drug-likeness (QED) is 0.803. The number of hydrogen-bond donors (Lipinski definition) is 1. The SMILES string of the molecule is CCOC(C)(CC)C(NC)c1nccn1C. The van der Waals surface area contributed by atoms with Gasteiger partial charge in [0.25, 0.3) is 0 Å². The number of nitrogens with one attached hydrogen (secondary N) is 1. The standard InChI is InChI=1S/C12H23N3O/c1-6-12(3,16-7-2)10(13-4)11-14-8-9-15(11)5/h8-10,13H,6-7H2,1-5H3. The highest BCUT2D eigenvalue weighted by molar-refractivity contribution is 5.06. The van der Waals surface area contributed by atoms with E-state index in [0.717, 1.165) is 12.2 Å². The molecule has 0 aliphatic heterocycles. The molecular formula is C12H23N3O. The van der Waals surface area contributed by atoms with Gasteiger partial charge < -0.3 is 14.6 Å². The Morgan fingerprint density at radius 3 is 2.62 bits per heavy atom. The van der Waals surface area contributed by atoms with Crippen LogP contribution in [0.1, 0.15) is 39.1 Å². The molecule has 0 amide bonds. The minimum atomic E-state index is -0.220. The van der Waals surface area contributed by atoms with Gasteiger partial charge in [-0.25, -0.2) is 4.98 Å². The van der Waals surface area contributed by atoms with E-state index >= 15 is 0 Å². The molecule has 0 saturated heterocycles. The van der Waals surface area contributed by atoms with Crippen molar-refractivity contribution in [3.8, 4) is 0 Å². The van der Waals surface area contributed by atoms with Crippen molar-refractivity contribution in [3.63, 3.8) is 0 Å². The average molecular weight is 225 g/mol. The van der Waals surface area contributed by atoms with Gasteiger partial charge in [-0.05, 0) is 27.3 Å². The number of hydrogen-bond acceptors (Lipinski definition) is 3. The monoisotopic (exact) mass is 225 g/mol. The van der Waals surface area contributed by atoms with Gasteiger partial charge in [0.2, 0.25) is 0 Å². The van der Waals surface area contributed by atoms with E-state index < -0.39 is 0 Å². The van der Waals surface area contributed by atoms with E-state index in [1.807, 2.05) is 38.0 Å². The van der Waals surface area contributed by atoms with Crippen molar-refractivity contribution in [2.24, 2.45) is 7.05 Å². The Hall–Kier alpha value is -0.870. The highest BCUT2D eigenvalue weighted by atomic mass is 16.5. The molecule has 0 aliphatic carbocycles. The van der Waals surface area contributed by atoms with Crippen LogP contribution in [0.4, 0.5) is 0 Å². The Morgan fingerprint density at radius 2 is 2.25 bits per heavy atom. The summed E-state index contributed by atoms with van der Waals surface area (Å²) < 4.78 is 7.93. The van der Waals surface area contributed by atoms with Crippen LogP contribution in [0, 0.1) is 0 Å². The molecule has 0 aliphatic rings. The van der Waals surface area contributed by atoms with Crippen LogP contribution in [0.5, 0.6) is 0 Å². The molecule has 4 heteroatoms. The minimum absolute atomic E-state index is 0.109. The van der Waals surface area contributed by atoms with Crippen molar-refractivity contribution in [2.45, 2.75) is 38.8 Å². The second-order valence-corrected chi connectivity index (χ2v) is 4.22. The Balaban J connectivity index is 3.00. The fourth-order valence-corrected chi connectivity index (χ4v) is 2.08. The van der Waals surface area contributed by atoms with Gasteiger partial charge in [-0.2, -0.15) is 0 Å². The van der Waals surface area contributed by atoms with Crippen molar-refractivity contribution < 1.29 is 4.74 Å². The van der Waals surface area contributed by atoms with Crippen LogP contribution >= 0.6 is 0 Å². The minimum Gasteiger partial charge on any atom is -0.373 e. The normalized spacial score (nSPS) is 17.1. The molecule has 0 spiro atoms. The van der Waals surface area contributed by atoms with E-state index in [4.69, 9.17) is 4.74 Å². The van der Waals surface area contributed by atoms with Crippen molar-refractivity contribution in [2.75, 3.05) is 13.7 Å². The number of rotatable bonds is 6. The lowest BCUT2D eigenvalue weighted by Gasteiger charge is -2.36. The first-order valence-electron chi connectivity index (χ1n) is 5.87. The molecule has 0 saturated carbocycles. The van der Waals surface area contributed by atoms with Gasteiger partial charge in [0.15, 0.2) is 0 Å². The van der Waals surface area contributed by atoms with Crippen LogP contribution in [0.2, 0.25) is 0 Å². The number of imidazole rings is 1. The zero-order chi connectivity index (χ0) is 12.2. The molecule has 0 fully saturated rings. The molecule has 0 aromatic carbocycles. The van der Waals surface area contributed by atoms with Crippen LogP contribution in [-0.2, 0) is 11.8 Å². The Bertz CT molecular complexity index is 324. The van der Waals surface area contributed by atoms with Crippen LogP contribution in [0.25, 0.3) is 0 Å². The molecule has 1 aromatic heterocycles. The van der Waals surface area contributed by atoms with Gasteiger partial charge in [-0.1, -0.05) is 6.92 Å². The van der Waals surface area contributed by atoms with Crippen molar-refractivity contribution in [3.05, 3.63) is 18.2 Å². The number of likely N-dealkylation sites (N-methyl/N-ethyl adjacent to an activating group) is 1. The second kappa shape index (κ2) is 5.46. The fraction of sp³-hybridized carbons (Fsp3) is 0.750. The molecule has 16 heavy (non-hydrogen) atoms. The van der Waals surface area contributed by atoms with Gasteiger partial charge in [0.05, 0.1) is 11.6 Å². The third-order valence-corrected chi connectivity index (χ3v) is 3.19. The van der Waals surface area contributed by atoms with Gasteiger partial charge in [-0.15, -0.1) is 0 Å². The summed E-state index contributed by atoms with van der Waals surface area (Å²) in [6.07, 6.45) is 4.72. The Morgan fingerprint density at radius 1 is 1.56 bits per heavy atom. The van der Waals surface area contributed by atoms with Crippen LogP contribution in [0.15, 0.2) is 12.4 Å². The van der Waals surface area contributed by atoms with Crippen molar-refractivity contribution in [1.82, 2.24) is 14.9 Å². The first-order chi connectivity index (χ1) is 7.59. The zero-order valence-corrected chi connectivity index (χ0v) is 10.9. The third-order valence-electron chi connectivity index (χ3n) is 3.19. The van der Waals surface area contributed by atoms with E-state index in [0.29, 0.717) is 6.61 Å². The van der Waals surface area contributed by atoms with Crippen LogP contribution in [0.3, 0.4) is 0 Å². The number of ether oxygens (including phenoxy) is 1. The summed E-state index contributed by atoms with van der Waals surface area (Å²) in [5.41, 5.74) is -0.220.